The molecule has 0 aliphatic heterocycles. The summed E-state index contributed by atoms with van der Waals surface area (Å²) in [5.41, 5.74) is 6.68. The van der Waals surface area contributed by atoms with E-state index < -0.39 is 0 Å². The molecule has 21 heavy (non-hydrogen) atoms. The number of carbonyl (C=O) groups is 1. The average molecular weight is 281 g/mol. The van der Waals surface area contributed by atoms with Gasteiger partial charge < -0.3 is 5.32 Å². The summed E-state index contributed by atoms with van der Waals surface area (Å²) < 4.78 is 0. The van der Waals surface area contributed by atoms with Crippen molar-refractivity contribution in [3.05, 3.63) is 69.8 Å². The molecule has 2 heteroatoms. The Bertz CT molecular complexity index is 673. The molecular formula is C19H23NO. The third-order valence-corrected chi connectivity index (χ3v) is 4.01. The summed E-state index contributed by atoms with van der Waals surface area (Å²) in [7, 11) is 0. The Morgan fingerprint density at radius 2 is 1.62 bits per heavy atom. The van der Waals surface area contributed by atoms with E-state index in [1.165, 1.54) is 16.7 Å². The van der Waals surface area contributed by atoms with Gasteiger partial charge in [-0.05, 0) is 69.0 Å². The molecule has 1 amide bonds. The van der Waals surface area contributed by atoms with Gasteiger partial charge in [-0.3, -0.25) is 4.79 Å². The molecule has 110 valence electrons. The molecule has 0 aromatic heterocycles. The van der Waals surface area contributed by atoms with Gasteiger partial charge in [-0.2, -0.15) is 0 Å². The minimum absolute atomic E-state index is 0.000269. The van der Waals surface area contributed by atoms with Crippen LogP contribution in [0.4, 0.5) is 0 Å². The molecule has 2 nitrogen and oxygen atoms in total. The summed E-state index contributed by atoms with van der Waals surface area (Å²) in [6, 6.07) is 12.1. The first-order valence-electron chi connectivity index (χ1n) is 7.33. The second-order valence-corrected chi connectivity index (χ2v) is 5.85. The van der Waals surface area contributed by atoms with E-state index in [1.54, 1.807) is 0 Å². The normalized spacial score (nSPS) is 12.0. The smallest absolute Gasteiger partial charge is 0.251 e. The highest BCUT2D eigenvalue weighted by molar-refractivity contribution is 5.94. The van der Waals surface area contributed by atoms with E-state index in [4.69, 9.17) is 0 Å². The van der Waals surface area contributed by atoms with Crippen molar-refractivity contribution in [1.29, 1.82) is 0 Å². The molecule has 0 heterocycles. The lowest BCUT2D eigenvalue weighted by Gasteiger charge is -2.17. The average Bonchev–Trinajstić information content (AvgIpc) is 2.41. The summed E-state index contributed by atoms with van der Waals surface area (Å²) in [5, 5.41) is 3.08. The van der Waals surface area contributed by atoms with Crippen LogP contribution >= 0.6 is 0 Å². The summed E-state index contributed by atoms with van der Waals surface area (Å²) in [4.78, 5) is 12.4. The van der Waals surface area contributed by atoms with E-state index in [0.717, 1.165) is 16.7 Å². The van der Waals surface area contributed by atoms with Gasteiger partial charge in [-0.15, -0.1) is 0 Å². The van der Waals surface area contributed by atoms with E-state index in [2.05, 4.69) is 44.3 Å². The highest BCUT2D eigenvalue weighted by atomic mass is 16.1. The Morgan fingerprint density at radius 1 is 0.905 bits per heavy atom. The van der Waals surface area contributed by atoms with Gasteiger partial charge >= 0.3 is 0 Å². The number of nitrogens with one attached hydrogen (secondary N) is 1. The number of hydrogen-bond donors (Lipinski definition) is 1. The highest BCUT2D eigenvalue weighted by Gasteiger charge is 2.13. The quantitative estimate of drug-likeness (QED) is 0.887. The molecule has 0 aliphatic carbocycles. The van der Waals surface area contributed by atoms with Crippen molar-refractivity contribution in [1.82, 2.24) is 5.32 Å². The number of amides is 1. The molecule has 0 spiro atoms. The predicted octanol–water partition coefficient (Wildman–Crippen LogP) is 4.41. The molecular weight excluding hydrogens is 258 g/mol. The van der Waals surface area contributed by atoms with Gasteiger partial charge in [0.15, 0.2) is 0 Å². The van der Waals surface area contributed by atoms with Crippen LogP contribution in [0.2, 0.25) is 0 Å². The van der Waals surface area contributed by atoms with Crippen LogP contribution in [-0.2, 0) is 0 Å². The van der Waals surface area contributed by atoms with Crippen LogP contribution < -0.4 is 5.32 Å². The lowest BCUT2D eigenvalue weighted by atomic mass is 9.99. The van der Waals surface area contributed by atoms with Crippen molar-refractivity contribution in [3.8, 4) is 0 Å². The van der Waals surface area contributed by atoms with Crippen LogP contribution in [0.15, 0.2) is 36.4 Å². The van der Waals surface area contributed by atoms with E-state index in [1.807, 2.05) is 32.0 Å². The van der Waals surface area contributed by atoms with Gasteiger partial charge in [0, 0.05) is 5.56 Å². The Labute approximate surface area is 127 Å². The van der Waals surface area contributed by atoms with Crippen molar-refractivity contribution in [2.45, 2.75) is 40.7 Å². The van der Waals surface area contributed by atoms with Gasteiger partial charge in [-0.1, -0.05) is 29.8 Å². The maximum Gasteiger partial charge on any atom is 0.251 e. The number of rotatable bonds is 3. The van der Waals surface area contributed by atoms with E-state index in [9.17, 15) is 4.79 Å². The molecule has 0 radical (unpaired) electrons. The standard InChI is InChI=1S/C19H23NO/c1-12-6-9-18(15(4)10-12)16(5)20-19(21)17-8-7-13(2)14(3)11-17/h6-11,16H,1-5H3,(H,20,21)/t16-/m1/s1. The van der Waals surface area contributed by atoms with Crippen LogP contribution in [0.1, 0.15) is 51.1 Å². The largest absolute Gasteiger partial charge is 0.346 e. The Balaban J connectivity index is 2.16. The molecule has 0 unspecified atom stereocenters. The molecule has 2 aromatic carbocycles. The maximum absolute atomic E-state index is 12.4. The third-order valence-electron chi connectivity index (χ3n) is 4.01. The van der Waals surface area contributed by atoms with Crippen LogP contribution in [0.25, 0.3) is 0 Å². The number of aryl methyl sites for hydroxylation is 4. The monoisotopic (exact) mass is 281 g/mol. The minimum Gasteiger partial charge on any atom is -0.346 e. The summed E-state index contributed by atoms with van der Waals surface area (Å²) in [6.07, 6.45) is 0. The zero-order chi connectivity index (χ0) is 15.6. The number of carbonyl (C=O) groups excluding carboxylic acids is 1. The zero-order valence-electron chi connectivity index (χ0n) is 13.4. The topological polar surface area (TPSA) is 29.1 Å². The molecule has 2 aromatic rings. The van der Waals surface area contributed by atoms with Crippen molar-refractivity contribution in [2.24, 2.45) is 0 Å². The maximum atomic E-state index is 12.4. The summed E-state index contributed by atoms with van der Waals surface area (Å²) in [6.45, 7) is 10.3. The van der Waals surface area contributed by atoms with Gasteiger partial charge in [-0.25, -0.2) is 0 Å². The van der Waals surface area contributed by atoms with Crippen LogP contribution in [0, 0.1) is 27.7 Å². The van der Waals surface area contributed by atoms with Crippen LogP contribution in [0.5, 0.6) is 0 Å². The summed E-state index contributed by atoms with van der Waals surface area (Å²) >= 11 is 0. The molecule has 0 fully saturated rings. The predicted molar refractivity (Wildman–Crippen MR) is 87.7 cm³/mol. The van der Waals surface area contributed by atoms with Gasteiger partial charge in [0.2, 0.25) is 0 Å². The number of hydrogen-bond acceptors (Lipinski definition) is 1. The first kappa shape index (κ1) is 15.3. The lowest BCUT2D eigenvalue weighted by Crippen LogP contribution is -2.27. The van der Waals surface area contributed by atoms with Gasteiger partial charge in [0.05, 0.1) is 6.04 Å². The SMILES string of the molecule is Cc1ccc([C@@H](C)NC(=O)c2ccc(C)c(C)c2)c(C)c1. The van der Waals surface area contributed by atoms with E-state index >= 15 is 0 Å². The molecule has 0 aliphatic rings. The van der Waals surface area contributed by atoms with Crippen LogP contribution in [-0.4, -0.2) is 5.91 Å². The van der Waals surface area contributed by atoms with Crippen molar-refractivity contribution >= 4 is 5.91 Å². The zero-order valence-corrected chi connectivity index (χ0v) is 13.4. The molecule has 0 saturated heterocycles. The Morgan fingerprint density at radius 3 is 2.24 bits per heavy atom. The highest BCUT2D eigenvalue weighted by Crippen LogP contribution is 2.19. The van der Waals surface area contributed by atoms with Gasteiger partial charge in [0.25, 0.3) is 5.91 Å². The lowest BCUT2D eigenvalue weighted by molar-refractivity contribution is 0.0939. The first-order chi connectivity index (χ1) is 9.88. The van der Waals surface area contributed by atoms with Gasteiger partial charge in [0.1, 0.15) is 0 Å². The first-order valence-corrected chi connectivity index (χ1v) is 7.33. The van der Waals surface area contributed by atoms with Crippen molar-refractivity contribution < 1.29 is 4.79 Å². The summed E-state index contributed by atoms with van der Waals surface area (Å²) in [5.74, 6) is -0.0226. The fourth-order valence-electron chi connectivity index (χ4n) is 2.55. The Kier molecular flexibility index (Phi) is 4.46. The fourth-order valence-corrected chi connectivity index (χ4v) is 2.55. The Hall–Kier alpha value is -2.09. The molecule has 1 atom stereocenters. The number of benzene rings is 2. The molecule has 2 rings (SSSR count). The molecule has 0 saturated carbocycles. The second kappa shape index (κ2) is 6.13. The fraction of sp³-hybridized carbons (Fsp3) is 0.316. The van der Waals surface area contributed by atoms with Crippen LogP contribution in [0.3, 0.4) is 0 Å². The van der Waals surface area contributed by atoms with Crippen molar-refractivity contribution in [2.75, 3.05) is 0 Å². The second-order valence-electron chi connectivity index (χ2n) is 5.85. The third kappa shape index (κ3) is 3.52. The van der Waals surface area contributed by atoms with E-state index in [-0.39, 0.29) is 11.9 Å². The molecule has 0 bridgehead atoms. The molecule has 1 N–H and O–H groups in total. The van der Waals surface area contributed by atoms with E-state index in [0.29, 0.717) is 0 Å². The minimum atomic E-state index is -0.0226. The van der Waals surface area contributed by atoms with Crippen molar-refractivity contribution in [3.63, 3.8) is 0 Å².